The van der Waals surface area contributed by atoms with E-state index in [2.05, 4.69) is 15.1 Å². The Labute approximate surface area is 107 Å². The molecule has 0 radical (unpaired) electrons. The van der Waals surface area contributed by atoms with Crippen LogP contribution in [0.15, 0.2) is 0 Å². The van der Waals surface area contributed by atoms with Crippen LogP contribution in [0.25, 0.3) is 0 Å². The topological polar surface area (TPSA) is 70.8 Å². The van der Waals surface area contributed by atoms with Gasteiger partial charge in [0.1, 0.15) is 5.82 Å². The summed E-state index contributed by atoms with van der Waals surface area (Å²) in [6, 6.07) is 0.363. The maximum absolute atomic E-state index is 5.92. The summed E-state index contributed by atoms with van der Waals surface area (Å²) in [5, 5.41) is 7.56. The lowest BCUT2D eigenvalue weighted by Crippen LogP contribution is -2.40. The van der Waals surface area contributed by atoms with Crippen molar-refractivity contribution in [2.24, 2.45) is 17.6 Å². The average Bonchev–Trinajstić information content (AvgIpc) is 2.83. The summed E-state index contributed by atoms with van der Waals surface area (Å²) in [7, 11) is 0. The van der Waals surface area contributed by atoms with Crippen molar-refractivity contribution in [1.29, 1.82) is 0 Å². The standard InChI is InChI=1S/C13H21N5/c14-11-1-3-18(4-2-11)13-15-12(16-17-13)10-6-8-5-9(8)7-10/h8-11H,1-7,14H2,(H,15,16,17). The molecule has 0 spiro atoms. The second-order valence-corrected chi connectivity index (χ2v) is 6.27. The van der Waals surface area contributed by atoms with E-state index >= 15 is 0 Å². The summed E-state index contributed by atoms with van der Waals surface area (Å²) < 4.78 is 0. The molecule has 5 heteroatoms. The second-order valence-electron chi connectivity index (χ2n) is 6.27. The van der Waals surface area contributed by atoms with Crippen molar-refractivity contribution in [1.82, 2.24) is 15.2 Å². The van der Waals surface area contributed by atoms with Gasteiger partial charge in [-0.3, -0.25) is 5.10 Å². The van der Waals surface area contributed by atoms with Gasteiger partial charge in [0.05, 0.1) is 0 Å². The fourth-order valence-electron chi connectivity index (χ4n) is 3.63. The van der Waals surface area contributed by atoms with Gasteiger partial charge >= 0.3 is 0 Å². The van der Waals surface area contributed by atoms with Crippen LogP contribution in [-0.4, -0.2) is 34.3 Å². The normalized spacial score (nSPS) is 35.8. The smallest absolute Gasteiger partial charge is 0.244 e. The molecule has 2 unspecified atom stereocenters. The molecule has 3 aliphatic rings. The Bertz CT molecular complexity index is 424. The third kappa shape index (κ3) is 1.81. The van der Waals surface area contributed by atoms with E-state index in [4.69, 9.17) is 10.7 Å². The minimum absolute atomic E-state index is 0.363. The van der Waals surface area contributed by atoms with E-state index in [1.165, 1.54) is 19.3 Å². The largest absolute Gasteiger partial charge is 0.339 e. The molecular formula is C13H21N5. The van der Waals surface area contributed by atoms with Gasteiger partial charge in [0.25, 0.3) is 0 Å². The molecule has 0 amide bonds. The number of hydrogen-bond donors (Lipinski definition) is 2. The van der Waals surface area contributed by atoms with Gasteiger partial charge < -0.3 is 10.6 Å². The van der Waals surface area contributed by atoms with Crippen LogP contribution < -0.4 is 10.6 Å². The number of aromatic nitrogens is 3. The van der Waals surface area contributed by atoms with Crippen LogP contribution in [0.1, 0.15) is 43.8 Å². The summed E-state index contributed by atoms with van der Waals surface area (Å²) >= 11 is 0. The number of piperidine rings is 1. The second kappa shape index (κ2) is 3.95. The monoisotopic (exact) mass is 247 g/mol. The Morgan fingerprint density at radius 2 is 1.83 bits per heavy atom. The number of fused-ring (bicyclic) bond motifs is 1. The molecule has 3 fully saturated rings. The third-order valence-electron chi connectivity index (χ3n) is 4.94. The molecular weight excluding hydrogens is 226 g/mol. The maximum atomic E-state index is 5.92. The highest BCUT2D eigenvalue weighted by atomic mass is 15.4. The predicted octanol–water partition coefficient (Wildman–Crippen LogP) is 1.25. The minimum atomic E-state index is 0.363. The van der Waals surface area contributed by atoms with Gasteiger partial charge in [-0.2, -0.15) is 4.98 Å². The van der Waals surface area contributed by atoms with Gasteiger partial charge in [0, 0.05) is 25.0 Å². The fourth-order valence-corrected chi connectivity index (χ4v) is 3.63. The number of hydrogen-bond acceptors (Lipinski definition) is 4. The first kappa shape index (κ1) is 10.8. The van der Waals surface area contributed by atoms with Crippen LogP contribution in [-0.2, 0) is 0 Å². The van der Waals surface area contributed by atoms with Crippen LogP contribution in [0.5, 0.6) is 0 Å². The van der Waals surface area contributed by atoms with E-state index < -0.39 is 0 Å². The lowest BCUT2D eigenvalue weighted by molar-refractivity contribution is 0.495. The number of rotatable bonds is 2. The van der Waals surface area contributed by atoms with E-state index in [1.54, 1.807) is 0 Å². The number of aromatic amines is 1. The number of nitrogens with two attached hydrogens (primary N) is 1. The first-order valence-electron chi connectivity index (χ1n) is 7.22. The lowest BCUT2D eigenvalue weighted by Gasteiger charge is -2.28. The Morgan fingerprint density at radius 3 is 2.56 bits per heavy atom. The fraction of sp³-hybridized carbons (Fsp3) is 0.846. The van der Waals surface area contributed by atoms with Crippen LogP contribution in [0, 0.1) is 11.8 Å². The number of nitrogens with zero attached hydrogens (tertiary/aromatic N) is 3. The Kier molecular flexibility index (Phi) is 2.37. The molecule has 98 valence electrons. The Balaban J connectivity index is 1.45. The Morgan fingerprint density at radius 1 is 1.11 bits per heavy atom. The van der Waals surface area contributed by atoms with Crippen LogP contribution in [0.3, 0.4) is 0 Å². The quantitative estimate of drug-likeness (QED) is 0.825. The lowest BCUT2D eigenvalue weighted by atomic mass is 10.0. The van der Waals surface area contributed by atoms with Gasteiger partial charge in [-0.25, -0.2) is 0 Å². The van der Waals surface area contributed by atoms with Crippen LogP contribution >= 0.6 is 0 Å². The van der Waals surface area contributed by atoms with E-state index in [0.717, 1.165) is 49.5 Å². The molecule has 2 atom stereocenters. The number of nitrogens with one attached hydrogen (secondary N) is 1. The van der Waals surface area contributed by atoms with Gasteiger partial charge in [0.15, 0.2) is 0 Å². The van der Waals surface area contributed by atoms with E-state index in [-0.39, 0.29) is 0 Å². The zero-order valence-electron chi connectivity index (χ0n) is 10.7. The molecule has 2 saturated carbocycles. The summed E-state index contributed by atoms with van der Waals surface area (Å²) in [6.07, 6.45) is 6.21. The Hall–Kier alpha value is -1.10. The zero-order chi connectivity index (χ0) is 12.1. The molecule has 1 aliphatic heterocycles. The van der Waals surface area contributed by atoms with Gasteiger partial charge in [0.2, 0.25) is 5.95 Å². The summed E-state index contributed by atoms with van der Waals surface area (Å²) in [6.45, 7) is 1.99. The molecule has 1 saturated heterocycles. The van der Waals surface area contributed by atoms with Crippen molar-refractivity contribution in [2.75, 3.05) is 18.0 Å². The molecule has 0 bridgehead atoms. The summed E-state index contributed by atoms with van der Waals surface area (Å²) in [5.41, 5.74) is 5.92. The SMILES string of the molecule is NC1CCN(c2n[nH]c(C3CC4CC4C3)n2)CC1. The molecule has 1 aromatic heterocycles. The van der Waals surface area contributed by atoms with Crippen molar-refractivity contribution in [2.45, 2.75) is 44.1 Å². The highest BCUT2D eigenvalue weighted by Crippen LogP contribution is 2.56. The average molecular weight is 247 g/mol. The van der Waals surface area contributed by atoms with Crippen LogP contribution in [0.2, 0.25) is 0 Å². The predicted molar refractivity (Wildman–Crippen MR) is 69.4 cm³/mol. The van der Waals surface area contributed by atoms with Crippen molar-refractivity contribution in [3.05, 3.63) is 5.82 Å². The molecule has 3 N–H and O–H groups in total. The molecule has 18 heavy (non-hydrogen) atoms. The maximum Gasteiger partial charge on any atom is 0.244 e. The first-order valence-corrected chi connectivity index (χ1v) is 7.22. The summed E-state index contributed by atoms with van der Waals surface area (Å²) in [5.74, 6) is 4.64. The minimum Gasteiger partial charge on any atom is -0.339 e. The third-order valence-corrected chi connectivity index (χ3v) is 4.94. The van der Waals surface area contributed by atoms with Crippen molar-refractivity contribution < 1.29 is 0 Å². The van der Waals surface area contributed by atoms with E-state index in [0.29, 0.717) is 12.0 Å². The molecule has 2 aliphatic carbocycles. The first-order chi connectivity index (χ1) is 8.79. The summed E-state index contributed by atoms with van der Waals surface area (Å²) in [4.78, 5) is 6.98. The van der Waals surface area contributed by atoms with Gasteiger partial charge in [-0.1, -0.05) is 0 Å². The highest BCUT2D eigenvalue weighted by molar-refractivity contribution is 5.30. The van der Waals surface area contributed by atoms with Crippen molar-refractivity contribution in [3.8, 4) is 0 Å². The van der Waals surface area contributed by atoms with Crippen molar-refractivity contribution in [3.63, 3.8) is 0 Å². The van der Waals surface area contributed by atoms with Crippen LogP contribution in [0.4, 0.5) is 5.95 Å². The van der Waals surface area contributed by atoms with Crippen molar-refractivity contribution >= 4 is 5.95 Å². The van der Waals surface area contributed by atoms with E-state index in [9.17, 15) is 0 Å². The number of H-pyrrole nitrogens is 1. The highest BCUT2D eigenvalue weighted by Gasteiger charge is 2.47. The van der Waals surface area contributed by atoms with Gasteiger partial charge in [-0.05, 0) is 43.9 Å². The molecule has 2 heterocycles. The zero-order valence-corrected chi connectivity index (χ0v) is 10.7. The van der Waals surface area contributed by atoms with E-state index in [1.807, 2.05) is 0 Å². The molecule has 0 aromatic carbocycles. The number of anilines is 1. The molecule has 4 rings (SSSR count). The van der Waals surface area contributed by atoms with Gasteiger partial charge in [-0.15, -0.1) is 5.10 Å². The molecule has 5 nitrogen and oxygen atoms in total. The molecule has 1 aromatic rings.